The predicted octanol–water partition coefficient (Wildman–Crippen LogP) is 1.49. The molecule has 0 radical (unpaired) electrons. The number of benzene rings is 1. The highest BCUT2D eigenvalue weighted by Crippen LogP contribution is 2.18. The van der Waals surface area contributed by atoms with Gasteiger partial charge in [0.05, 0.1) is 18.6 Å². The lowest BCUT2D eigenvalue weighted by molar-refractivity contribution is -0.149. The average Bonchev–Trinajstić information content (AvgIpc) is 2.69. The molecule has 28 heavy (non-hydrogen) atoms. The van der Waals surface area contributed by atoms with E-state index in [4.69, 9.17) is 9.84 Å². The molecule has 7 nitrogen and oxygen atoms in total. The Morgan fingerprint density at radius 2 is 1.93 bits per heavy atom. The molecule has 4 atom stereocenters. The number of aliphatic hydroxyl groups is 1. The molecule has 0 fully saturated rings. The van der Waals surface area contributed by atoms with Crippen LogP contribution in [0.5, 0.6) is 0 Å². The van der Waals surface area contributed by atoms with Crippen LogP contribution in [0.3, 0.4) is 0 Å². The SMILES string of the molecule is CC1CC=CCC(C(=O)N[C@@H](C)CO)C(=O)NC(c2ccccc2)COC1=O. The maximum Gasteiger partial charge on any atom is 0.309 e. The minimum absolute atomic E-state index is 0.00990. The van der Waals surface area contributed by atoms with Gasteiger partial charge in [-0.15, -0.1) is 0 Å². The van der Waals surface area contributed by atoms with Crippen molar-refractivity contribution >= 4 is 17.8 Å². The van der Waals surface area contributed by atoms with Crippen molar-refractivity contribution in [2.45, 2.75) is 38.8 Å². The van der Waals surface area contributed by atoms with Gasteiger partial charge < -0.3 is 20.5 Å². The van der Waals surface area contributed by atoms with E-state index in [9.17, 15) is 14.4 Å². The summed E-state index contributed by atoms with van der Waals surface area (Å²) in [6, 6.07) is 8.17. The quantitative estimate of drug-likeness (QED) is 0.412. The lowest BCUT2D eigenvalue weighted by Crippen LogP contribution is -2.46. The number of amides is 2. The Hall–Kier alpha value is -2.67. The van der Waals surface area contributed by atoms with E-state index in [1.54, 1.807) is 26.0 Å². The fourth-order valence-corrected chi connectivity index (χ4v) is 2.84. The second kappa shape index (κ2) is 10.6. The first-order valence-corrected chi connectivity index (χ1v) is 9.50. The Kier molecular flexibility index (Phi) is 8.19. The number of aliphatic hydroxyl groups excluding tert-OH is 1. The van der Waals surface area contributed by atoms with E-state index in [1.807, 2.05) is 30.3 Å². The summed E-state index contributed by atoms with van der Waals surface area (Å²) in [5.41, 5.74) is 0.784. The van der Waals surface area contributed by atoms with Crippen LogP contribution < -0.4 is 10.6 Å². The highest BCUT2D eigenvalue weighted by molar-refractivity contribution is 6.00. The summed E-state index contributed by atoms with van der Waals surface area (Å²) < 4.78 is 5.40. The third-order valence-corrected chi connectivity index (χ3v) is 4.64. The van der Waals surface area contributed by atoms with Crippen molar-refractivity contribution in [2.75, 3.05) is 13.2 Å². The van der Waals surface area contributed by atoms with Crippen molar-refractivity contribution < 1.29 is 24.2 Å². The second-order valence-electron chi connectivity index (χ2n) is 7.09. The highest BCUT2D eigenvalue weighted by Gasteiger charge is 2.29. The molecule has 0 saturated heterocycles. The van der Waals surface area contributed by atoms with Gasteiger partial charge in [0.15, 0.2) is 0 Å². The molecule has 0 aliphatic carbocycles. The first kappa shape index (κ1) is 21.6. The largest absolute Gasteiger partial charge is 0.463 e. The third-order valence-electron chi connectivity index (χ3n) is 4.64. The first-order valence-electron chi connectivity index (χ1n) is 9.50. The van der Waals surface area contributed by atoms with Crippen LogP contribution in [0.2, 0.25) is 0 Å². The molecular formula is C21H28N2O5. The number of carbonyl (C=O) groups is 3. The van der Waals surface area contributed by atoms with E-state index in [0.29, 0.717) is 6.42 Å². The van der Waals surface area contributed by atoms with Crippen molar-refractivity contribution in [3.05, 3.63) is 48.0 Å². The summed E-state index contributed by atoms with van der Waals surface area (Å²) in [5, 5.41) is 14.6. The van der Waals surface area contributed by atoms with Crippen molar-refractivity contribution in [1.82, 2.24) is 10.6 Å². The Bertz CT molecular complexity index is 704. The number of allylic oxidation sites excluding steroid dienone is 2. The van der Waals surface area contributed by atoms with Crippen molar-refractivity contribution in [1.29, 1.82) is 0 Å². The number of hydrogen-bond acceptors (Lipinski definition) is 5. The maximum atomic E-state index is 12.9. The van der Waals surface area contributed by atoms with Crippen LogP contribution in [0.15, 0.2) is 42.5 Å². The Morgan fingerprint density at radius 3 is 2.61 bits per heavy atom. The second-order valence-corrected chi connectivity index (χ2v) is 7.09. The van der Waals surface area contributed by atoms with E-state index in [2.05, 4.69) is 10.6 Å². The number of cyclic esters (lactones) is 1. The number of nitrogens with one attached hydrogen (secondary N) is 2. The normalized spacial score (nSPS) is 24.9. The van der Waals surface area contributed by atoms with Crippen LogP contribution in [0.1, 0.15) is 38.3 Å². The molecule has 2 rings (SSSR count). The molecule has 7 heteroatoms. The fourth-order valence-electron chi connectivity index (χ4n) is 2.84. The molecule has 1 aliphatic heterocycles. The maximum absolute atomic E-state index is 12.9. The van der Waals surface area contributed by atoms with Gasteiger partial charge in [-0.1, -0.05) is 49.4 Å². The van der Waals surface area contributed by atoms with Gasteiger partial charge in [0.2, 0.25) is 11.8 Å². The summed E-state index contributed by atoms with van der Waals surface area (Å²) in [6.07, 6.45) is 4.19. The van der Waals surface area contributed by atoms with E-state index >= 15 is 0 Å². The van der Waals surface area contributed by atoms with Gasteiger partial charge in [0, 0.05) is 6.04 Å². The Labute approximate surface area is 165 Å². The van der Waals surface area contributed by atoms with Crippen LogP contribution in [0.25, 0.3) is 0 Å². The minimum atomic E-state index is -0.943. The van der Waals surface area contributed by atoms with Gasteiger partial charge in [-0.2, -0.15) is 0 Å². The fraction of sp³-hybridized carbons (Fsp3) is 0.476. The molecule has 1 aliphatic rings. The zero-order valence-electron chi connectivity index (χ0n) is 16.3. The predicted molar refractivity (Wildman–Crippen MR) is 104 cm³/mol. The van der Waals surface area contributed by atoms with Gasteiger partial charge in [0.25, 0.3) is 0 Å². The van der Waals surface area contributed by atoms with E-state index < -0.39 is 29.8 Å². The molecule has 3 N–H and O–H groups in total. The lowest BCUT2D eigenvalue weighted by atomic mass is 9.99. The zero-order chi connectivity index (χ0) is 20.5. The first-order chi connectivity index (χ1) is 13.4. The van der Waals surface area contributed by atoms with Crippen molar-refractivity contribution in [2.24, 2.45) is 11.8 Å². The van der Waals surface area contributed by atoms with Gasteiger partial charge in [-0.3, -0.25) is 14.4 Å². The number of ether oxygens (including phenoxy) is 1. The standard InChI is InChI=1S/C21H28N2O5/c1-14-8-6-7-11-17(19(25)22-15(2)12-24)20(26)23-18(13-28-21(14)27)16-9-4-3-5-10-16/h3-7,9-10,14-15,17-18,24H,8,11-13H2,1-2H3,(H,22,25)(H,23,26)/t14?,15-,17?,18?/m0/s1. The van der Waals surface area contributed by atoms with E-state index in [-0.39, 0.29) is 31.5 Å². The molecule has 152 valence electrons. The topological polar surface area (TPSA) is 105 Å². The van der Waals surface area contributed by atoms with Gasteiger partial charge in [-0.05, 0) is 25.3 Å². The Morgan fingerprint density at radius 1 is 1.25 bits per heavy atom. The van der Waals surface area contributed by atoms with Gasteiger partial charge in [0.1, 0.15) is 12.5 Å². The summed E-state index contributed by atoms with van der Waals surface area (Å²) in [6.45, 7) is 3.22. The summed E-state index contributed by atoms with van der Waals surface area (Å²) in [5.74, 6) is -2.48. The summed E-state index contributed by atoms with van der Waals surface area (Å²) in [7, 11) is 0. The number of carbonyl (C=O) groups excluding carboxylic acids is 3. The highest BCUT2D eigenvalue weighted by atomic mass is 16.5. The lowest BCUT2D eigenvalue weighted by Gasteiger charge is -2.24. The molecule has 0 saturated carbocycles. The molecule has 0 spiro atoms. The Balaban J connectivity index is 2.26. The minimum Gasteiger partial charge on any atom is -0.463 e. The van der Waals surface area contributed by atoms with Gasteiger partial charge >= 0.3 is 5.97 Å². The van der Waals surface area contributed by atoms with Crippen molar-refractivity contribution in [3.8, 4) is 0 Å². The molecule has 0 aromatic heterocycles. The van der Waals surface area contributed by atoms with Crippen LogP contribution in [0, 0.1) is 11.8 Å². The number of hydrogen-bond donors (Lipinski definition) is 3. The third kappa shape index (κ3) is 6.20. The molecule has 2 amide bonds. The smallest absolute Gasteiger partial charge is 0.309 e. The molecule has 0 bridgehead atoms. The monoisotopic (exact) mass is 388 g/mol. The van der Waals surface area contributed by atoms with E-state index in [1.165, 1.54) is 0 Å². The van der Waals surface area contributed by atoms with Crippen LogP contribution >= 0.6 is 0 Å². The number of esters is 1. The number of rotatable bonds is 4. The van der Waals surface area contributed by atoms with Crippen LogP contribution in [0.4, 0.5) is 0 Å². The molecule has 1 heterocycles. The van der Waals surface area contributed by atoms with Gasteiger partial charge in [-0.25, -0.2) is 0 Å². The molecular weight excluding hydrogens is 360 g/mol. The molecule has 3 unspecified atom stereocenters. The summed E-state index contributed by atoms with van der Waals surface area (Å²) >= 11 is 0. The average molecular weight is 388 g/mol. The van der Waals surface area contributed by atoms with Crippen molar-refractivity contribution in [3.63, 3.8) is 0 Å². The zero-order valence-corrected chi connectivity index (χ0v) is 16.3. The van der Waals surface area contributed by atoms with E-state index in [0.717, 1.165) is 5.56 Å². The molecule has 1 aromatic rings. The van der Waals surface area contributed by atoms with Crippen LogP contribution in [-0.4, -0.2) is 42.1 Å². The summed E-state index contributed by atoms with van der Waals surface area (Å²) in [4.78, 5) is 37.6. The van der Waals surface area contributed by atoms with Crippen LogP contribution in [-0.2, 0) is 19.1 Å². The molecule has 1 aromatic carbocycles.